The van der Waals surface area contributed by atoms with Crippen LogP contribution >= 0.6 is 11.6 Å². The molecule has 0 saturated carbocycles. The van der Waals surface area contributed by atoms with Gasteiger partial charge < -0.3 is 5.32 Å². The molecule has 0 saturated heterocycles. The molecule has 2 heterocycles. The number of carbonyl (C=O) groups is 1. The lowest BCUT2D eigenvalue weighted by Gasteiger charge is -2.06. The van der Waals surface area contributed by atoms with Crippen molar-refractivity contribution in [3.8, 4) is 0 Å². The SMILES string of the molecule is O=C(Nc1cncc(Cl)n1)c1cnc(C(F)(F)F)nc1. The summed E-state index contributed by atoms with van der Waals surface area (Å²) >= 11 is 5.57. The van der Waals surface area contributed by atoms with Crippen LogP contribution in [0.3, 0.4) is 0 Å². The number of carbonyl (C=O) groups excluding carboxylic acids is 1. The number of hydrogen-bond acceptors (Lipinski definition) is 5. The predicted molar refractivity (Wildman–Crippen MR) is 62.0 cm³/mol. The number of amides is 1. The van der Waals surface area contributed by atoms with E-state index in [2.05, 4.69) is 25.3 Å². The second-order valence-corrected chi connectivity index (χ2v) is 3.86. The van der Waals surface area contributed by atoms with E-state index < -0.39 is 17.9 Å². The van der Waals surface area contributed by atoms with Gasteiger partial charge in [-0.15, -0.1) is 0 Å². The predicted octanol–water partition coefficient (Wildman–Crippen LogP) is 2.19. The normalized spacial score (nSPS) is 11.2. The number of anilines is 1. The fourth-order valence-corrected chi connectivity index (χ4v) is 1.33. The van der Waals surface area contributed by atoms with Crippen molar-refractivity contribution in [2.24, 2.45) is 0 Å². The minimum atomic E-state index is -4.66. The van der Waals surface area contributed by atoms with Crippen molar-refractivity contribution in [3.63, 3.8) is 0 Å². The molecule has 0 bridgehead atoms. The highest BCUT2D eigenvalue weighted by atomic mass is 35.5. The maximum Gasteiger partial charge on any atom is 0.451 e. The number of rotatable bonds is 2. The molecular weight excluding hydrogens is 299 g/mol. The second-order valence-electron chi connectivity index (χ2n) is 3.47. The van der Waals surface area contributed by atoms with E-state index in [0.29, 0.717) is 0 Å². The van der Waals surface area contributed by atoms with E-state index in [1.165, 1.54) is 12.4 Å². The van der Waals surface area contributed by atoms with Crippen molar-refractivity contribution in [1.82, 2.24) is 19.9 Å². The topological polar surface area (TPSA) is 80.7 Å². The quantitative estimate of drug-likeness (QED) is 0.920. The Labute approximate surface area is 115 Å². The lowest BCUT2D eigenvalue weighted by atomic mass is 10.3. The summed E-state index contributed by atoms with van der Waals surface area (Å²) in [5.41, 5.74) is -0.153. The first kappa shape index (κ1) is 14.1. The smallest absolute Gasteiger partial charge is 0.305 e. The summed E-state index contributed by atoms with van der Waals surface area (Å²) in [6.07, 6.45) is -0.632. The van der Waals surface area contributed by atoms with Crippen LogP contribution in [0.15, 0.2) is 24.8 Å². The summed E-state index contributed by atoms with van der Waals surface area (Å²) in [7, 11) is 0. The highest BCUT2D eigenvalue weighted by Gasteiger charge is 2.34. The largest absolute Gasteiger partial charge is 0.451 e. The van der Waals surface area contributed by atoms with Crippen LogP contribution in [0.5, 0.6) is 0 Å². The van der Waals surface area contributed by atoms with E-state index in [4.69, 9.17) is 11.6 Å². The standard InChI is InChI=1S/C10H5ClF3N5O/c11-6-3-15-4-7(18-6)19-8(20)5-1-16-9(17-2-5)10(12,13)14/h1-4H,(H,18,19,20). The van der Waals surface area contributed by atoms with Crippen LogP contribution < -0.4 is 5.32 Å². The highest BCUT2D eigenvalue weighted by molar-refractivity contribution is 6.29. The number of alkyl halides is 3. The Morgan fingerprint density at radius 1 is 1.15 bits per heavy atom. The van der Waals surface area contributed by atoms with Crippen LogP contribution in [0.1, 0.15) is 16.2 Å². The third kappa shape index (κ3) is 3.38. The van der Waals surface area contributed by atoms with Gasteiger partial charge in [0.05, 0.1) is 18.0 Å². The summed E-state index contributed by atoms with van der Waals surface area (Å²) in [4.78, 5) is 25.3. The Bertz CT molecular complexity index is 632. The monoisotopic (exact) mass is 303 g/mol. The molecule has 0 aliphatic rings. The lowest BCUT2D eigenvalue weighted by molar-refractivity contribution is -0.145. The van der Waals surface area contributed by atoms with Crippen molar-refractivity contribution in [3.05, 3.63) is 41.3 Å². The second kappa shape index (κ2) is 5.37. The summed E-state index contributed by atoms with van der Waals surface area (Å²) in [5, 5.41) is 2.36. The van der Waals surface area contributed by atoms with Gasteiger partial charge in [-0.05, 0) is 0 Å². The molecule has 10 heteroatoms. The fraction of sp³-hybridized carbons (Fsp3) is 0.100. The van der Waals surface area contributed by atoms with Crippen LogP contribution in [0.2, 0.25) is 5.15 Å². The number of aromatic nitrogens is 4. The van der Waals surface area contributed by atoms with Gasteiger partial charge in [0.1, 0.15) is 5.15 Å². The van der Waals surface area contributed by atoms with Gasteiger partial charge in [-0.3, -0.25) is 9.78 Å². The summed E-state index contributed by atoms with van der Waals surface area (Å²) < 4.78 is 36.8. The minimum Gasteiger partial charge on any atom is -0.305 e. The van der Waals surface area contributed by atoms with Gasteiger partial charge in [-0.25, -0.2) is 15.0 Å². The van der Waals surface area contributed by atoms with Gasteiger partial charge >= 0.3 is 6.18 Å². The average molecular weight is 304 g/mol. The molecule has 0 unspecified atom stereocenters. The average Bonchev–Trinajstić information content (AvgIpc) is 2.38. The third-order valence-corrected chi connectivity index (χ3v) is 2.20. The summed E-state index contributed by atoms with van der Waals surface area (Å²) in [5.74, 6) is -1.99. The number of halogens is 4. The minimum absolute atomic E-state index is 0.0578. The van der Waals surface area contributed by atoms with Crippen molar-refractivity contribution in [2.75, 3.05) is 5.32 Å². The van der Waals surface area contributed by atoms with E-state index in [1.54, 1.807) is 0 Å². The van der Waals surface area contributed by atoms with Crippen LogP contribution in [0.25, 0.3) is 0 Å². The van der Waals surface area contributed by atoms with Crippen molar-refractivity contribution < 1.29 is 18.0 Å². The molecule has 2 rings (SSSR count). The molecule has 0 aliphatic heterocycles. The number of nitrogens with zero attached hydrogens (tertiary/aromatic N) is 4. The molecule has 104 valence electrons. The first-order chi connectivity index (χ1) is 9.36. The van der Waals surface area contributed by atoms with Gasteiger partial charge in [0.2, 0.25) is 5.82 Å². The number of nitrogens with one attached hydrogen (secondary N) is 1. The van der Waals surface area contributed by atoms with E-state index in [-0.39, 0.29) is 16.5 Å². The zero-order chi connectivity index (χ0) is 14.8. The van der Waals surface area contributed by atoms with Gasteiger partial charge in [-0.2, -0.15) is 13.2 Å². The molecule has 1 amide bonds. The third-order valence-electron chi connectivity index (χ3n) is 2.01. The van der Waals surface area contributed by atoms with Crippen LogP contribution in [0.4, 0.5) is 19.0 Å². The fourth-order valence-electron chi connectivity index (χ4n) is 1.18. The van der Waals surface area contributed by atoms with Crippen molar-refractivity contribution >= 4 is 23.3 Å². The van der Waals surface area contributed by atoms with Gasteiger partial charge in [0.15, 0.2) is 5.82 Å². The van der Waals surface area contributed by atoms with E-state index in [0.717, 1.165) is 12.4 Å². The molecule has 0 fully saturated rings. The number of hydrogen-bond donors (Lipinski definition) is 1. The summed E-state index contributed by atoms with van der Waals surface area (Å²) in [6, 6.07) is 0. The zero-order valence-electron chi connectivity index (χ0n) is 9.52. The van der Waals surface area contributed by atoms with Gasteiger partial charge in [-0.1, -0.05) is 11.6 Å². The Morgan fingerprint density at radius 3 is 2.35 bits per heavy atom. The maximum atomic E-state index is 12.3. The summed E-state index contributed by atoms with van der Waals surface area (Å²) in [6.45, 7) is 0. The Hall–Kier alpha value is -2.29. The van der Waals surface area contributed by atoms with Crippen LogP contribution in [-0.2, 0) is 6.18 Å². The van der Waals surface area contributed by atoms with E-state index >= 15 is 0 Å². The van der Waals surface area contributed by atoms with Crippen LogP contribution in [0, 0.1) is 0 Å². The zero-order valence-corrected chi connectivity index (χ0v) is 10.3. The first-order valence-corrected chi connectivity index (χ1v) is 5.42. The molecule has 1 N–H and O–H groups in total. The van der Waals surface area contributed by atoms with Gasteiger partial charge in [0.25, 0.3) is 5.91 Å². The highest BCUT2D eigenvalue weighted by Crippen LogP contribution is 2.25. The molecule has 0 aromatic carbocycles. The van der Waals surface area contributed by atoms with E-state index in [1.807, 2.05) is 0 Å². The Kier molecular flexibility index (Phi) is 3.79. The molecule has 0 radical (unpaired) electrons. The molecule has 0 aliphatic carbocycles. The molecule has 20 heavy (non-hydrogen) atoms. The lowest BCUT2D eigenvalue weighted by Crippen LogP contribution is -2.16. The molecule has 2 aromatic rings. The van der Waals surface area contributed by atoms with Crippen molar-refractivity contribution in [2.45, 2.75) is 6.18 Å². The molecular formula is C10H5ClF3N5O. The van der Waals surface area contributed by atoms with Gasteiger partial charge in [0, 0.05) is 12.4 Å². The molecule has 6 nitrogen and oxygen atoms in total. The molecule has 0 atom stereocenters. The van der Waals surface area contributed by atoms with Crippen molar-refractivity contribution in [1.29, 1.82) is 0 Å². The Morgan fingerprint density at radius 2 is 1.80 bits per heavy atom. The maximum absolute atomic E-state index is 12.3. The molecule has 2 aromatic heterocycles. The molecule has 0 spiro atoms. The first-order valence-electron chi connectivity index (χ1n) is 5.04. The van der Waals surface area contributed by atoms with E-state index in [9.17, 15) is 18.0 Å². The van der Waals surface area contributed by atoms with Crippen LogP contribution in [-0.4, -0.2) is 25.8 Å². The Balaban J connectivity index is 2.14.